The Morgan fingerprint density at radius 1 is 1.04 bits per heavy atom. The van der Waals surface area contributed by atoms with Crippen molar-refractivity contribution in [2.75, 3.05) is 20.8 Å². The number of hydrogen-bond donors (Lipinski definition) is 0. The molecule has 0 N–H and O–H groups in total. The molecule has 1 fully saturated rings. The van der Waals surface area contributed by atoms with Gasteiger partial charge in [0, 0.05) is 6.54 Å². The van der Waals surface area contributed by atoms with Crippen LogP contribution in [0, 0.1) is 13.8 Å². The molecule has 0 aromatic heterocycles. The van der Waals surface area contributed by atoms with Crippen molar-refractivity contribution in [1.82, 2.24) is 4.31 Å². The maximum atomic E-state index is 13.3. The van der Waals surface area contributed by atoms with Crippen LogP contribution in [-0.4, -0.2) is 33.5 Å². The van der Waals surface area contributed by atoms with E-state index < -0.39 is 10.0 Å². The number of rotatable bonds is 5. The summed E-state index contributed by atoms with van der Waals surface area (Å²) in [5.74, 6) is 1.47. The molecular weight excluding hydrogens is 350 g/mol. The Morgan fingerprint density at radius 3 is 2.35 bits per heavy atom. The van der Waals surface area contributed by atoms with Crippen LogP contribution in [0.25, 0.3) is 0 Å². The first-order chi connectivity index (χ1) is 12.4. The summed E-state index contributed by atoms with van der Waals surface area (Å²) in [5, 5.41) is 0. The van der Waals surface area contributed by atoms with Gasteiger partial charge in [-0.2, -0.15) is 4.31 Å². The topological polar surface area (TPSA) is 55.8 Å². The van der Waals surface area contributed by atoms with E-state index in [9.17, 15) is 8.42 Å². The summed E-state index contributed by atoms with van der Waals surface area (Å²) in [6.45, 7) is 4.26. The number of benzene rings is 2. The fraction of sp³-hybridized carbons (Fsp3) is 0.400. The average molecular weight is 375 g/mol. The van der Waals surface area contributed by atoms with Crippen molar-refractivity contribution < 1.29 is 17.9 Å². The van der Waals surface area contributed by atoms with Crippen LogP contribution in [0.5, 0.6) is 11.5 Å². The number of aryl methyl sites for hydroxylation is 2. The molecule has 140 valence electrons. The Labute approximate surface area is 155 Å². The molecule has 0 amide bonds. The average Bonchev–Trinajstić information content (AvgIpc) is 3.12. The molecule has 5 nitrogen and oxygen atoms in total. The normalized spacial score (nSPS) is 18.1. The van der Waals surface area contributed by atoms with Crippen molar-refractivity contribution in [3.8, 4) is 11.5 Å². The van der Waals surface area contributed by atoms with Crippen LogP contribution >= 0.6 is 0 Å². The lowest BCUT2D eigenvalue weighted by Crippen LogP contribution is -2.30. The molecule has 0 spiro atoms. The van der Waals surface area contributed by atoms with Crippen LogP contribution < -0.4 is 9.47 Å². The molecule has 1 atom stereocenters. The van der Waals surface area contributed by atoms with Crippen LogP contribution in [-0.2, 0) is 10.0 Å². The molecule has 2 aromatic carbocycles. The van der Waals surface area contributed by atoms with Gasteiger partial charge in [0.05, 0.1) is 25.2 Å². The monoisotopic (exact) mass is 375 g/mol. The molecule has 0 aliphatic carbocycles. The molecule has 0 radical (unpaired) electrons. The van der Waals surface area contributed by atoms with E-state index in [0.29, 0.717) is 11.4 Å². The summed E-state index contributed by atoms with van der Waals surface area (Å²) in [6.07, 6.45) is 1.65. The highest BCUT2D eigenvalue weighted by Crippen LogP contribution is 2.38. The SMILES string of the molecule is COc1cccc(C2CCCN2S(=O)(=O)c2cc(C)c(OC)c(C)c2)c1. The Balaban J connectivity index is 2.00. The van der Waals surface area contributed by atoms with Gasteiger partial charge in [-0.3, -0.25) is 0 Å². The van der Waals surface area contributed by atoms with Gasteiger partial charge >= 0.3 is 0 Å². The van der Waals surface area contributed by atoms with Gasteiger partial charge in [-0.05, 0) is 67.6 Å². The standard InChI is InChI=1S/C20H25NO4S/c1-14-11-18(12-15(2)20(14)25-4)26(22,23)21-10-6-9-19(21)16-7-5-8-17(13-16)24-3/h5,7-8,11-13,19H,6,9-10H2,1-4H3. The molecule has 6 heteroatoms. The van der Waals surface area contributed by atoms with Crippen molar-refractivity contribution >= 4 is 10.0 Å². The van der Waals surface area contributed by atoms with Gasteiger partial charge in [0.15, 0.2) is 0 Å². The zero-order chi connectivity index (χ0) is 18.9. The molecule has 1 aliphatic rings. The molecule has 0 bridgehead atoms. The van der Waals surface area contributed by atoms with Crippen LogP contribution in [0.4, 0.5) is 0 Å². The fourth-order valence-electron chi connectivity index (χ4n) is 3.73. The zero-order valence-electron chi connectivity index (χ0n) is 15.7. The maximum Gasteiger partial charge on any atom is 0.243 e. The minimum Gasteiger partial charge on any atom is -0.497 e. The second-order valence-corrected chi connectivity index (χ2v) is 8.53. The molecule has 2 aromatic rings. The van der Waals surface area contributed by atoms with Gasteiger partial charge in [0.2, 0.25) is 10.0 Å². The number of nitrogens with zero attached hydrogens (tertiary/aromatic N) is 1. The van der Waals surface area contributed by atoms with Crippen LogP contribution in [0.2, 0.25) is 0 Å². The minimum absolute atomic E-state index is 0.169. The third-order valence-electron chi connectivity index (χ3n) is 4.93. The van der Waals surface area contributed by atoms with Crippen molar-refractivity contribution in [2.24, 2.45) is 0 Å². The van der Waals surface area contributed by atoms with E-state index in [1.165, 1.54) is 0 Å². The lowest BCUT2D eigenvalue weighted by atomic mass is 10.1. The Bertz CT molecular complexity index is 885. The van der Waals surface area contributed by atoms with E-state index in [0.717, 1.165) is 41.0 Å². The second-order valence-electron chi connectivity index (χ2n) is 6.64. The number of sulfonamides is 1. The smallest absolute Gasteiger partial charge is 0.243 e. The van der Waals surface area contributed by atoms with E-state index >= 15 is 0 Å². The Kier molecular flexibility index (Phi) is 5.25. The molecule has 1 aliphatic heterocycles. The third-order valence-corrected chi connectivity index (χ3v) is 6.81. The van der Waals surface area contributed by atoms with E-state index in [2.05, 4.69) is 0 Å². The van der Waals surface area contributed by atoms with E-state index in [-0.39, 0.29) is 6.04 Å². The highest BCUT2D eigenvalue weighted by Gasteiger charge is 2.36. The molecule has 1 heterocycles. The lowest BCUT2D eigenvalue weighted by Gasteiger charge is -2.25. The largest absolute Gasteiger partial charge is 0.497 e. The molecular formula is C20H25NO4S. The number of methoxy groups -OCH3 is 2. The molecule has 1 saturated heterocycles. The summed E-state index contributed by atoms with van der Waals surface area (Å²) in [7, 11) is -0.372. The van der Waals surface area contributed by atoms with E-state index in [1.54, 1.807) is 30.7 Å². The van der Waals surface area contributed by atoms with Crippen molar-refractivity contribution in [3.63, 3.8) is 0 Å². The first-order valence-corrected chi connectivity index (χ1v) is 10.1. The van der Waals surface area contributed by atoms with Crippen molar-refractivity contribution in [2.45, 2.75) is 37.6 Å². The summed E-state index contributed by atoms with van der Waals surface area (Å²) < 4.78 is 38.9. The summed E-state index contributed by atoms with van der Waals surface area (Å²) in [5.41, 5.74) is 2.61. The van der Waals surface area contributed by atoms with Gasteiger partial charge in [0.25, 0.3) is 0 Å². The lowest BCUT2D eigenvalue weighted by molar-refractivity contribution is 0.389. The van der Waals surface area contributed by atoms with Crippen LogP contribution in [0.3, 0.4) is 0 Å². The molecule has 0 saturated carbocycles. The summed E-state index contributed by atoms with van der Waals surface area (Å²) in [4.78, 5) is 0.322. The first-order valence-electron chi connectivity index (χ1n) is 8.69. The Hall–Kier alpha value is -2.05. The first kappa shape index (κ1) is 18.7. The maximum absolute atomic E-state index is 13.3. The van der Waals surface area contributed by atoms with Crippen LogP contribution in [0.15, 0.2) is 41.3 Å². The quantitative estimate of drug-likeness (QED) is 0.797. The summed E-state index contributed by atoms with van der Waals surface area (Å²) in [6, 6.07) is 10.9. The minimum atomic E-state index is -3.59. The van der Waals surface area contributed by atoms with Gasteiger partial charge in [0.1, 0.15) is 11.5 Å². The fourth-order valence-corrected chi connectivity index (χ4v) is 5.58. The summed E-state index contributed by atoms with van der Waals surface area (Å²) >= 11 is 0. The van der Waals surface area contributed by atoms with Gasteiger partial charge < -0.3 is 9.47 Å². The highest BCUT2D eigenvalue weighted by molar-refractivity contribution is 7.89. The Morgan fingerprint density at radius 2 is 1.73 bits per heavy atom. The van der Waals surface area contributed by atoms with Crippen molar-refractivity contribution in [1.29, 1.82) is 0 Å². The van der Waals surface area contributed by atoms with E-state index in [4.69, 9.17) is 9.47 Å². The third kappa shape index (κ3) is 3.31. The molecule has 26 heavy (non-hydrogen) atoms. The van der Waals surface area contributed by atoms with Crippen molar-refractivity contribution in [3.05, 3.63) is 53.1 Å². The predicted octanol–water partition coefficient (Wildman–Crippen LogP) is 3.85. The van der Waals surface area contributed by atoms with Gasteiger partial charge in [-0.15, -0.1) is 0 Å². The number of hydrogen-bond acceptors (Lipinski definition) is 4. The van der Waals surface area contributed by atoms with E-state index in [1.807, 2.05) is 38.1 Å². The van der Waals surface area contributed by atoms with Crippen LogP contribution in [0.1, 0.15) is 35.6 Å². The highest BCUT2D eigenvalue weighted by atomic mass is 32.2. The number of ether oxygens (including phenoxy) is 2. The van der Waals surface area contributed by atoms with Gasteiger partial charge in [-0.1, -0.05) is 12.1 Å². The predicted molar refractivity (Wildman–Crippen MR) is 101 cm³/mol. The molecule has 1 unspecified atom stereocenters. The van der Waals surface area contributed by atoms with Gasteiger partial charge in [-0.25, -0.2) is 8.42 Å². The second kappa shape index (κ2) is 7.29. The zero-order valence-corrected chi connectivity index (χ0v) is 16.5. The molecule has 3 rings (SSSR count).